The standard InChI is InChI=1S/C19H14F3N7O3/c20-19(21,22)32-12-3-1-2-9(6-12)14-26-15-10(7-13-16(30)28-18(31)25-13)8-23-29(15)17(27-14)24-11-4-5-11/h1-3,6-8,11,30H,4-5H2,(H2,25,28,31)/b10-7-,24-17?. The topological polar surface area (TPSA) is 134 Å². The molecule has 0 unspecified atom stereocenters. The number of H-pyrrole nitrogens is 2. The Bertz CT molecular complexity index is 1500. The highest BCUT2D eigenvalue weighted by Crippen LogP contribution is 2.26. The maximum atomic E-state index is 12.6. The van der Waals surface area contributed by atoms with Gasteiger partial charge in [0.1, 0.15) is 11.4 Å². The number of aromatic nitrogens is 6. The predicted molar refractivity (Wildman–Crippen MR) is 103 cm³/mol. The summed E-state index contributed by atoms with van der Waals surface area (Å²) in [6.07, 6.45) is -0.133. The summed E-state index contributed by atoms with van der Waals surface area (Å²) in [6, 6.07) is 5.38. The van der Waals surface area contributed by atoms with E-state index in [0.717, 1.165) is 12.8 Å². The van der Waals surface area contributed by atoms with Gasteiger partial charge in [-0.05, 0) is 31.1 Å². The van der Waals surface area contributed by atoms with Gasteiger partial charge < -0.3 is 14.8 Å². The lowest BCUT2D eigenvalue weighted by Gasteiger charge is -2.09. The van der Waals surface area contributed by atoms with Crippen molar-refractivity contribution in [2.75, 3.05) is 0 Å². The predicted octanol–water partition coefficient (Wildman–Crippen LogP) is 1.02. The zero-order chi connectivity index (χ0) is 22.5. The summed E-state index contributed by atoms with van der Waals surface area (Å²) in [5.41, 5.74) is 0.336. The Balaban J connectivity index is 1.70. The molecule has 4 aromatic rings. The first-order valence-corrected chi connectivity index (χ1v) is 9.44. The molecular weight excluding hydrogens is 431 g/mol. The average Bonchev–Trinajstić information content (AvgIpc) is 3.35. The maximum absolute atomic E-state index is 12.6. The Hall–Kier alpha value is -4.16. The molecule has 0 aliphatic heterocycles. The SMILES string of the molecule is O=c1[nH]c(O)c(/C=c2/cnn3c(=NC4CC4)nc(-c4cccc(OC(F)(F)F)c4)nc23)[nH]1. The van der Waals surface area contributed by atoms with Gasteiger partial charge in [-0.1, -0.05) is 12.1 Å². The molecule has 3 aromatic heterocycles. The van der Waals surface area contributed by atoms with Crippen LogP contribution in [0.2, 0.25) is 0 Å². The molecular formula is C19H14F3N7O3. The molecule has 32 heavy (non-hydrogen) atoms. The number of nitrogens with one attached hydrogen (secondary N) is 2. The van der Waals surface area contributed by atoms with Crippen molar-refractivity contribution >= 4 is 11.7 Å². The Morgan fingerprint density at radius 2 is 2.06 bits per heavy atom. The molecule has 164 valence electrons. The van der Waals surface area contributed by atoms with Gasteiger partial charge in [-0.2, -0.15) is 14.6 Å². The van der Waals surface area contributed by atoms with Crippen molar-refractivity contribution < 1.29 is 23.0 Å². The van der Waals surface area contributed by atoms with Gasteiger partial charge in [0.15, 0.2) is 11.5 Å². The number of halogens is 3. The molecule has 3 N–H and O–H groups in total. The van der Waals surface area contributed by atoms with Crippen molar-refractivity contribution in [1.29, 1.82) is 0 Å². The van der Waals surface area contributed by atoms with Crippen LogP contribution in [0, 0.1) is 0 Å². The lowest BCUT2D eigenvalue weighted by Crippen LogP contribution is -2.23. The number of aromatic amines is 2. The Labute approximate surface area is 175 Å². The first-order valence-electron chi connectivity index (χ1n) is 9.44. The molecule has 1 aliphatic rings. The second-order valence-corrected chi connectivity index (χ2v) is 7.10. The van der Waals surface area contributed by atoms with E-state index >= 15 is 0 Å². The van der Waals surface area contributed by atoms with E-state index in [9.17, 15) is 23.1 Å². The van der Waals surface area contributed by atoms with Crippen LogP contribution < -0.4 is 21.3 Å². The third kappa shape index (κ3) is 4.04. The van der Waals surface area contributed by atoms with Crippen LogP contribution in [0.3, 0.4) is 0 Å². The molecule has 0 amide bonds. The fourth-order valence-electron chi connectivity index (χ4n) is 3.04. The van der Waals surface area contributed by atoms with Gasteiger partial charge in [0.2, 0.25) is 11.5 Å². The van der Waals surface area contributed by atoms with Gasteiger partial charge in [-0.25, -0.2) is 14.8 Å². The number of fused-ring (bicyclic) bond motifs is 1. The maximum Gasteiger partial charge on any atom is 0.573 e. The van der Waals surface area contributed by atoms with Crippen molar-refractivity contribution in [1.82, 2.24) is 29.5 Å². The number of nitrogens with zero attached hydrogens (tertiary/aromatic N) is 5. The highest BCUT2D eigenvalue weighted by molar-refractivity contribution is 5.61. The summed E-state index contributed by atoms with van der Waals surface area (Å²) in [5, 5.41) is 14.5. The highest BCUT2D eigenvalue weighted by atomic mass is 19.4. The second kappa shape index (κ2) is 7.21. The first-order chi connectivity index (χ1) is 15.2. The summed E-state index contributed by atoms with van der Waals surface area (Å²) in [7, 11) is 0. The smallest absolute Gasteiger partial charge is 0.493 e. The highest BCUT2D eigenvalue weighted by Gasteiger charge is 2.31. The number of hydrogen-bond donors (Lipinski definition) is 3. The average molecular weight is 445 g/mol. The summed E-state index contributed by atoms with van der Waals surface area (Å²) in [4.78, 5) is 29.4. The van der Waals surface area contributed by atoms with Crippen LogP contribution in [0.15, 0.2) is 40.2 Å². The van der Waals surface area contributed by atoms with E-state index in [1.54, 1.807) is 6.07 Å². The number of rotatable bonds is 4. The lowest BCUT2D eigenvalue weighted by atomic mass is 10.2. The fraction of sp³-hybridized carbons (Fsp3) is 0.211. The monoisotopic (exact) mass is 445 g/mol. The molecule has 10 nitrogen and oxygen atoms in total. The van der Waals surface area contributed by atoms with Crippen LogP contribution in [-0.4, -0.2) is 47.1 Å². The molecule has 5 rings (SSSR count). The number of benzene rings is 1. The molecule has 1 saturated carbocycles. The third-order valence-electron chi connectivity index (χ3n) is 4.58. The quantitative estimate of drug-likeness (QED) is 0.430. The fourth-order valence-corrected chi connectivity index (χ4v) is 3.04. The van der Waals surface area contributed by atoms with E-state index in [1.165, 1.54) is 35.0 Å². The van der Waals surface area contributed by atoms with Crippen LogP contribution in [0.25, 0.3) is 23.1 Å². The minimum atomic E-state index is -4.83. The van der Waals surface area contributed by atoms with Crippen molar-refractivity contribution in [3.63, 3.8) is 0 Å². The van der Waals surface area contributed by atoms with E-state index in [1.807, 2.05) is 0 Å². The van der Waals surface area contributed by atoms with Crippen LogP contribution in [0.4, 0.5) is 13.2 Å². The van der Waals surface area contributed by atoms with Gasteiger partial charge >= 0.3 is 12.1 Å². The molecule has 0 saturated heterocycles. The van der Waals surface area contributed by atoms with Crippen LogP contribution in [0.5, 0.6) is 11.6 Å². The zero-order valence-corrected chi connectivity index (χ0v) is 16.1. The van der Waals surface area contributed by atoms with Crippen LogP contribution in [0.1, 0.15) is 18.5 Å². The van der Waals surface area contributed by atoms with Crippen LogP contribution in [-0.2, 0) is 0 Å². The summed E-state index contributed by atoms with van der Waals surface area (Å²) >= 11 is 0. The first kappa shape index (κ1) is 19.8. The largest absolute Gasteiger partial charge is 0.573 e. The second-order valence-electron chi connectivity index (χ2n) is 7.10. The van der Waals surface area contributed by atoms with Gasteiger partial charge in [0, 0.05) is 10.8 Å². The number of alkyl halides is 3. The number of imidazole rings is 1. The molecule has 1 aromatic carbocycles. The summed E-state index contributed by atoms with van der Waals surface area (Å²) in [5.74, 6) is -0.649. The van der Waals surface area contributed by atoms with Gasteiger partial charge in [0.25, 0.3) is 0 Å². The van der Waals surface area contributed by atoms with E-state index in [-0.39, 0.29) is 40.3 Å². The molecule has 0 spiro atoms. The Morgan fingerprint density at radius 3 is 2.75 bits per heavy atom. The van der Waals surface area contributed by atoms with Crippen LogP contribution >= 0.6 is 0 Å². The Morgan fingerprint density at radius 1 is 1.25 bits per heavy atom. The molecule has 0 bridgehead atoms. The van der Waals surface area contributed by atoms with E-state index < -0.39 is 17.8 Å². The van der Waals surface area contributed by atoms with Gasteiger partial charge in [0.05, 0.1) is 12.2 Å². The molecule has 1 fully saturated rings. The normalized spacial score (nSPS) is 15.6. The zero-order valence-electron chi connectivity index (χ0n) is 16.1. The van der Waals surface area contributed by atoms with Crippen molar-refractivity contribution in [3.8, 4) is 23.0 Å². The van der Waals surface area contributed by atoms with E-state index in [4.69, 9.17) is 0 Å². The molecule has 3 heterocycles. The number of aromatic hydroxyl groups is 1. The van der Waals surface area contributed by atoms with E-state index in [2.05, 4.69) is 34.8 Å². The minimum Gasteiger partial charge on any atom is -0.493 e. The molecule has 13 heteroatoms. The third-order valence-corrected chi connectivity index (χ3v) is 4.58. The van der Waals surface area contributed by atoms with Gasteiger partial charge in [-0.3, -0.25) is 4.98 Å². The molecule has 0 radical (unpaired) electrons. The Kier molecular flexibility index (Phi) is 4.46. The van der Waals surface area contributed by atoms with E-state index in [0.29, 0.717) is 5.22 Å². The van der Waals surface area contributed by atoms with Crippen molar-refractivity contribution in [2.24, 2.45) is 4.99 Å². The van der Waals surface area contributed by atoms with Crippen molar-refractivity contribution in [3.05, 3.63) is 57.5 Å². The molecule has 0 atom stereocenters. The van der Waals surface area contributed by atoms with Crippen molar-refractivity contribution in [2.45, 2.75) is 25.2 Å². The minimum absolute atomic E-state index is 0.0857. The molecule has 1 aliphatic carbocycles. The van der Waals surface area contributed by atoms with Gasteiger partial charge in [-0.15, -0.1) is 13.2 Å². The summed E-state index contributed by atoms with van der Waals surface area (Å²) < 4.78 is 43.2. The number of hydrogen-bond acceptors (Lipinski definition) is 7. The lowest BCUT2D eigenvalue weighted by molar-refractivity contribution is -0.274. The summed E-state index contributed by atoms with van der Waals surface area (Å²) in [6.45, 7) is 0. The number of ether oxygens (including phenoxy) is 1.